The van der Waals surface area contributed by atoms with Crippen molar-refractivity contribution in [1.29, 1.82) is 0 Å². The molecule has 0 bridgehead atoms. The number of anilines is 2. The summed E-state index contributed by atoms with van der Waals surface area (Å²) in [5.41, 5.74) is 1.54. The lowest BCUT2D eigenvalue weighted by molar-refractivity contribution is 0.0697. The molecule has 2 rings (SSSR count). The number of halogens is 3. The van der Waals surface area contributed by atoms with Crippen LogP contribution in [0.25, 0.3) is 0 Å². The predicted octanol–water partition coefficient (Wildman–Crippen LogP) is 4.90. The maximum absolute atomic E-state index is 11.2. The quantitative estimate of drug-likeness (QED) is 0.749. The number of carboxylic acids is 1. The van der Waals surface area contributed by atoms with Crippen molar-refractivity contribution >= 4 is 56.6 Å². The molecule has 0 aliphatic rings. The summed E-state index contributed by atoms with van der Waals surface area (Å²) >= 11 is 15.3. The Hall–Kier alpha value is -1.30. The molecule has 2 aromatic rings. The summed E-state index contributed by atoms with van der Waals surface area (Å²) in [6.45, 7) is 1.87. The van der Waals surface area contributed by atoms with Gasteiger partial charge < -0.3 is 10.4 Å². The van der Waals surface area contributed by atoms with Crippen molar-refractivity contribution in [2.75, 3.05) is 5.32 Å². The largest absolute Gasteiger partial charge is 0.478 e. The van der Waals surface area contributed by atoms with Crippen LogP contribution in [0.3, 0.4) is 0 Å². The maximum atomic E-state index is 11.2. The number of hydrogen-bond donors (Lipinski definition) is 2. The number of hydrogen-bond acceptors (Lipinski definition) is 3. The third kappa shape index (κ3) is 3.23. The fourth-order valence-electron chi connectivity index (χ4n) is 1.57. The van der Waals surface area contributed by atoms with Gasteiger partial charge in [-0.2, -0.15) is 0 Å². The zero-order valence-electron chi connectivity index (χ0n) is 10.2. The van der Waals surface area contributed by atoms with E-state index in [1.54, 1.807) is 6.07 Å². The second-order valence-electron chi connectivity index (χ2n) is 4.04. The zero-order chi connectivity index (χ0) is 14.9. The van der Waals surface area contributed by atoms with Crippen LogP contribution in [-0.4, -0.2) is 16.1 Å². The minimum Gasteiger partial charge on any atom is -0.478 e. The Labute approximate surface area is 133 Å². The highest BCUT2D eigenvalue weighted by Crippen LogP contribution is 2.32. The number of carboxylic acid groups (broad SMARTS) is 1. The summed E-state index contributed by atoms with van der Waals surface area (Å²) in [5, 5.41) is 12.8. The van der Waals surface area contributed by atoms with Crippen molar-refractivity contribution in [3.8, 4) is 0 Å². The molecule has 0 fully saturated rings. The highest BCUT2D eigenvalue weighted by Gasteiger charge is 2.14. The highest BCUT2D eigenvalue weighted by molar-refractivity contribution is 9.10. The summed E-state index contributed by atoms with van der Waals surface area (Å²) in [4.78, 5) is 15.2. The van der Waals surface area contributed by atoms with Gasteiger partial charge in [0.25, 0.3) is 0 Å². The monoisotopic (exact) mass is 374 g/mol. The van der Waals surface area contributed by atoms with Gasteiger partial charge >= 0.3 is 5.97 Å². The Morgan fingerprint density at radius 2 is 2.05 bits per heavy atom. The number of nitrogens with zero attached hydrogens (tertiary/aromatic N) is 1. The van der Waals surface area contributed by atoms with E-state index in [9.17, 15) is 4.79 Å². The number of aromatic carboxylic acids is 1. The number of benzene rings is 1. The van der Waals surface area contributed by atoms with E-state index in [2.05, 4.69) is 26.2 Å². The lowest BCUT2D eigenvalue weighted by atomic mass is 10.2. The smallest absolute Gasteiger partial charge is 0.339 e. The number of rotatable bonds is 3. The Bertz CT molecular complexity index is 692. The van der Waals surface area contributed by atoms with Crippen LogP contribution in [-0.2, 0) is 0 Å². The molecule has 4 nitrogen and oxygen atoms in total. The van der Waals surface area contributed by atoms with Gasteiger partial charge in [-0.25, -0.2) is 9.78 Å². The summed E-state index contributed by atoms with van der Waals surface area (Å²) in [6, 6.07) is 6.34. The Morgan fingerprint density at radius 1 is 1.35 bits per heavy atom. The Morgan fingerprint density at radius 3 is 2.70 bits per heavy atom. The van der Waals surface area contributed by atoms with Crippen molar-refractivity contribution in [3.63, 3.8) is 0 Å². The molecule has 2 N–H and O–H groups in total. The Balaban J connectivity index is 2.47. The molecule has 0 saturated carbocycles. The van der Waals surface area contributed by atoms with E-state index < -0.39 is 5.97 Å². The molecule has 0 radical (unpaired) electrons. The topological polar surface area (TPSA) is 62.2 Å². The van der Waals surface area contributed by atoms with Crippen LogP contribution in [0.1, 0.15) is 15.9 Å². The van der Waals surface area contributed by atoms with Gasteiger partial charge in [0.2, 0.25) is 0 Å². The molecule has 0 saturated heterocycles. The molecular weight excluding hydrogens is 367 g/mol. The van der Waals surface area contributed by atoms with E-state index in [0.29, 0.717) is 10.7 Å². The Kier molecular flexibility index (Phi) is 4.52. The first-order chi connectivity index (χ1) is 9.38. The average Bonchev–Trinajstić information content (AvgIpc) is 2.35. The van der Waals surface area contributed by atoms with Crippen LogP contribution in [0.4, 0.5) is 11.5 Å². The fraction of sp³-hybridized carbons (Fsp3) is 0.0769. The minimum atomic E-state index is -1.09. The van der Waals surface area contributed by atoms with Gasteiger partial charge in [-0.05, 0) is 52.7 Å². The molecule has 0 atom stereocenters. The van der Waals surface area contributed by atoms with E-state index in [-0.39, 0.29) is 16.5 Å². The van der Waals surface area contributed by atoms with Crippen LogP contribution >= 0.6 is 39.1 Å². The third-order valence-corrected chi connectivity index (χ3v) is 3.87. The highest BCUT2D eigenvalue weighted by atomic mass is 79.9. The summed E-state index contributed by atoms with van der Waals surface area (Å²) in [6.07, 6.45) is 0. The predicted molar refractivity (Wildman–Crippen MR) is 83.4 cm³/mol. The summed E-state index contributed by atoms with van der Waals surface area (Å²) < 4.78 is 0.748. The van der Waals surface area contributed by atoms with Crippen molar-refractivity contribution in [2.45, 2.75) is 6.92 Å². The molecule has 0 unspecified atom stereocenters. The SMILES string of the molecule is Cc1cc(Br)c(Nc2nc(Cl)ccc2C(=O)O)cc1Cl. The first-order valence-corrected chi connectivity index (χ1v) is 7.06. The molecule has 104 valence electrons. The van der Waals surface area contributed by atoms with Gasteiger partial charge in [0.1, 0.15) is 16.5 Å². The standard InChI is InChI=1S/C13H9BrCl2N2O2/c1-6-4-8(14)10(5-9(6)15)17-12-7(13(19)20)2-3-11(16)18-12/h2-5H,1H3,(H,17,18)(H,19,20). The van der Waals surface area contributed by atoms with E-state index in [1.165, 1.54) is 12.1 Å². The minimum absolute atomic E-state index is 0.0259. The fourth-order valence-corrected chi connectivity index (χ4v) is 2.44. The van der Waals surface area contributed by atoms with Gasteiger partial charge in [-0.15, -0.1) is 0 Å². The van der Waals surface area contributed by atoms with Crippen LogP contribution in [0.15, 0.2) is 28.7 Å². The molecule has 1 aromatic carbocycles. The normalized spacial score (nSPS) is 10.4. The number of carbonyl (C=O) groups is 1. The van der Waals surface area contributed by atoms with Crippen molar-refractivity contribution in [1.82, 2.24) is 4.98 Å². The third-order valence-electron chi connectivity index (χ3n) is 2.59. The van der Waals surface area contributed by atoms with Gasteiger partial charge in [-0.3, -0.25) is 0 Å². The molecule has 0 spiro atoms. The molecule has 20 heavy (non-hydrogen) atoms. The lowest BCUT2D eigenvalue weighted by Crippen LogP contribution is -2.05. The molecule has 7 heteroatoms. The van der Waals surface area contributed by atoms with Crippen molar-refractivity contribution in [3.05, 3.63) is 50.0 Å². The number of aromatic nitrogens is 1. The zero-order valence-corrected chi connectivity index (χ0v) is 13.3. The van der Waals surface area contributed by atoms with Gasteiger partial charge in [0.15, 0.2) is 0 Å². The summed E-state index contributed by atoms with van der Waals surface area (Å²) in [5.74, 6) is -0.934. The van der Waals surface area contributed by atoms with Crippen LogP contribution in [0, 0.1) is 6.92 Å². The first kappa shape index (κ1) is 15.1. The number of nitrogens with one attached hydrogen (secondary N) is 1. The second-order valence-corrected chi connectivity index (χ2v) is 5.69. The van der Waals surface area contributed by atoms with Crippen molar-refractivity contribution < 1.29 is 9.90 Å². The first-order valence-electron chi connectivity index (χ1n) is 5.51. The molecular formula is C13H9BrCl2N2O2. The van der Waals surface area contributed by atoms with Gasteiger partial charge in [0, 0.05) is 9.50 Å². The van der Waals surface area contributed by atoms with E-state index in [4.69, 9.17) is 28.3 Å². The van der Waals surface area contributed by atoms with E-state index in [1.807, 2.05) is 13.0 Å². The maximum Gasteiger partial charge on any atom is 0.339 e. The van der Waals surface area contributed by atoms with E-state index in [0.717, 1.165) is 10.0 Å². The van der Waals surface area contributed by atoms with E-state index >= 15 is 0 Å². The van der Waals surface area contributed by atoms with Crippen LogP contribution < -0.4 is 5.32 Å². The molecule has 1 heterocycles. The number of aryl methyl sites for hydroxylation is 1. The molecule has 0 aliphatic heterocycles. The molecule has 0 amide bonds. The van der Waals surface area contributed by atoms with Crippen LogP contribution in [0.2, 0.25) is 10.2 Å². The van der Waals surface area contributed by atoms with Gasteiger partial charge in [0.05, 0.1) is 5.69 Å². The molecule has 0 aliphatic carbocycles. The molecule has 1 aromatic heterocycles. The average molecular weight is 376 g/mol. The number of pyridine rings is 1. The lowest BCUT2D eigenvalue weighted by Gasteiger charge is -2.12. The van der Waals surface area contributed by atoms with Crippen LogP contribution in [0.5, 0.6) is 0 Å². The van der Waals surface area contributed by atoms with Gasteiger partial charge in [-0.1, -0.05) is 23.2 Å². The summed E-state index contributed by atoms with van der Waals surface area (Å²) in [7, 11) is 0. The van der Waals surface area contributed by atoms with Crippen molar-refractivity contribution in [2.24, 2.45) is 0 Å². The second kappa shape index (κ2) is 5.99.